The predicted molar refractivity (Wildman–Crippen MR) is 76.2 cm³/mol. The average Bonchev–Trinajstić information content (AvgIpc) is 2.37. The van der Waals surface area contributed by atoms with E-state index in [1.165, 1.54) is 18.2 Å². The van der Waals surface area contributed by atoms with Gasteiger partial charge in [-0.3, -0.25) is 4.79 Å². The Hall–Kier alpha value is -1.25. The summed E-state index contributed by atoms with van der Waals surface area (Å²) >= 11 is 1.85. The first-order valence-corrected chi connectivity index (χ1v) is 7.08. The van der Waals surface area contributed by atoms with Crippen LogP contribution in [0.15, 0.2) is 24.3 Å². The van der Waals surface area contributed by atoms with Crippen LogP contribution in [0.1, 0.15) is 12.0 Å². The minimum absolute atomic E-state index is 0.00110. The number of carbonyl (C=O) groups is 1. The number of rotatable bonds is 3. The summed E-state index contributed by atoms with van der Waals surface area (Å²) in [5.41, 5.74) is -0.219. The van der Waals surface area contributed by atoms with Crippen molar-refractivity contribution in [3.63, 3.8) is 0 Å². The van der Waals surface area contributed by atoms with E-state index in [-0.39, 0.29) is 17.0 Å². The summed E-state index contributed by atoms with van der Waals surface area (Å²) in [5, 5.41) is 9.74. The van der Waals surface area contributed by atoms with Gasteiger partial charge in [0.05, 0.1) is 21.7 Å². The maximum Gasteiger partial charge on any atom is 0.256 e. The van der Waals surface area contributed by atoms with E-state index in [1.807, 2.05) is 22.6 Å². The molecule has 1 atom stereocenters. The van der Waals surface area contributed by atoms with Gasteiger partial charge in [-0.1, -0.05) is 34.7 Å². The van der Waals surface area contributed by atoms with Crippen LogP contribution in [0, 0.1) is 5.82 Å². The van der Waals surface area contributed by atoms with E-state index >= 15 is 0 Å². The summed E-state index contributed by atoms with van der Waals surface area (Å²) in [7, 11) is 0. The predicted octanol–water partition coefficient (Wildman–Crippen LogP) is 3.17. The third-order valence-corrected chi connectivity index (χ3v) is 3.95. The Morgan fingerprint density at radius 1 is 1.45 bits per heavy atom. The number of nitrogens with zero attached hydrogens (tertiary/aromatic N) is 1. The number of carbonyl (C=O) groups excluding carboxylic acids is 1. The SMILES string of the molecule is O=C1C(I)CC=C(c2c(O)cccc2F)N1CC(F)F. The normalized spacial score (nSPS) is 19.4. The lowest BCUT2D eigenvalue weighted by molar-refractivity contribution is -0.128. The van der Waals surface area contributed by atoms with Crippen LogP contribution < -0.4 is 0 Å². The highest BCUT2D eigenvalue weighted by atomic mass is 127. The fourth-order valence-corrected chi connectivity index (χ4v) is 2.63. The van der Waals surface area contributed by atoms with Crippen LogP contribution in [-0.2, 0) is 4.79 Å². The number of allylic oxidation sites excluding steroid dienone is 1. The zero-order valence-electron chi connectivity index (χ0n) is 10.2. The first kappa shape index (κ1) is 15.1. The van der Waals surface area contributed by atoms with Crippen molar-refractivity contribution in [2.45, 2.75) is 16.8 Å². The maximum absolute atomic E-state index is 13.8. The summed E-state index contributed by atoms with van der Waals surface area (Å²) in [5.74, 6) is -1.64. The van der Waals surface area contributed by atoms with Crippen molar-refractivity contribution < 1.29 is 23.1 Å². The van der Waals surface area contributed by atoms with Gasteiger partial charge in [0, 0.05) is 0 Å². The highest BCUT2D eigenvalue weighted by Crippen LogP contribution is 2.35. The van der Waals surface area contributed by atoms with E-state index in [4.69, 9.17) is 0 Å². The Morgan fingerprint density at radius 2 is 2.15 bits per heavy atom. The van der Waals surface area contributed by atoms with Gasteiger partial charge in [-0.2, -0.15) is 0 Å². The Balaban J connectivity index is 2.49. The number of phenolic OH excluding ortho intramolecular Hbond substituents is 1. The van der Waals surface area contributed by atoms with Gasteiger partial charge < -0.3 is 10.0 Å². The third-order valence-electron chi connectivity index (χ3n) is 2.91. The smallest absolute Gasteiger partial charge is 0.256 e. The molecule has 0 radical (unpaired) electrons. The fourth-order valence-electron chi connectivity index (χ4n) is 2.04. The molecule has 2 rings (SSSR count). The van der Waals surface area contributed by atoms with Gasteiger partial charge in [0.25, 0.3) is 6.43 Å². The molecule has 1 aliphatic heterocycles. The van der Waals surface area contributed by atoms with Gasteiger partial charge in [-0.15, -0.1) is 0 Å². The first-order chi connectivity index (χ1) is 9.41. The molecule has 0 saturated heterocycles. The van der Waals surface area contributed by atoms with Gasteiger partial charge in [0.1, 0.15) is 11.6 Å². The lowest BCUT2D eigenvalue weighted by Crippen LogP contribution is -2.41. The number of phenols is 1. The standard InChI is InChI=1S/C13H11F3INO2/c14-7-2-1-3-10(19)12(7)9-5-4-8(17)13(20)18(9)6-11(15)16/h1-3,5,8,11,19H,4,6H2. The Morgan fingerprint density at radius 3 is 2.75 bits per heavy atom. The van der Waals surface area contributed by atoms with E-state index in [1.54, 1.807) is 0 Å². The van der Waals surface area contributed by atoms with E-state index in [9.17, 15) is 23.1 Å². The molecule has 1 heterocycles. The Kier molecular flexibility index (Phi) is 4.56. The first-order valence-electron chi connectivity index (χ1n) is 5.83. The quantitative estimate of drug-likeness (QED) is 0.629. The van der Waals surface area contributed by atoms with E-state index in [0.29, 0.717) is 6.42 Å². The number of aromatic hydroxyl groups is 1. The second-order valence-electron chi connectivity index (χ2n) is 4.27. The van der Waals surface area contributed by atoms with Crippen molar-refractivity contribution >= 4 is 34.2 Å². The van der Waals surface area contributed by atoms with Crippen molar-refractivity contribution in [3.8, 4) is 5.75 Å². The zero-order valence-corrected chi connectivity index (χ0v) is 12.4. The molecule has 0 saturated carbocycles. The molecular weight excluding hydrogens is 386 g/mol. The summed E-state index contributed by atoms with van der Waals surface area (Å²) in [6.45, 7) is -0.821. The van der Waals surface area contributed by atoms with Gasteiger partial charge in [0.2, 0.25) is 5.91 Å². The molecule has 3 nitrogen and oxygen atoms in total. The van der Waals surface area contributed by atoms with E-state index in [0.717, 1.165) is 11.0 Å². The minimum Gasteiger partial charge on any atom is -0.507 e. The van der Waals surface area contributed by atoms with Gasteiger partial charge in [-0.25, -0.2) is 13.2 Å². The molecule has 0 aromatic heterocycles. The van der Waals surface area contributed by atoms with Gasteiger partial charge in [0.15, 0.2) is 0 Å². The second kappa shape index (κ2) is 6.02. The molecule has 1 N–H and O–H groups in total. The Labute approximate surface area is 127 Å². The molecule has 1 unspecified atom stereocenters. The lowest BCUT2D eigenvalue weighted by Gasteiger charge is -2.31. The molecule has 20 heavy (non-hydrogen) atoms. The number of hydrogen-bond acceptors (Lipinski definition) is 2. The molecule has 1 amide bonds. The summed E-state index contributed by atoms with van der Waals surface area (Å²) < 4.78 is 38.6. The fraction of sp³-hybridized carbons (Fsp3) is 0.308. The van der Waals surface area contributed by atoms with Crippen molar-refractivity contribution in [3.05, 3.63) is 35.7 Å². The van der Waals surface area contributed by atoms with E-state index < -0.39 is 28.6 Å². The summed E-state index contributed by atoms with van der Waals surface area (Å²) in [4.78, 5) is 12.8. The van der Waals surface area contributed by atoms with Crippen molar-refractivity contribution in [2.75, 3.05) is 6.54 Å². The molecule has 0 fully saturated rings. The third kappa shape index (κ3) is 2.92. The zero-order chi connectivity index (χ0) is 14.9. The Bertz CT molecular complexity index is 542. The van der Waals surface area contributed by atoms with Crippen molar-refractivity contribution in [1.29, 1.82) is 0 Å². The van der Waals surface area contributed by atoms with Crippen molar-refractivity contribution in [2.24, 2.45) is 0 Å². The number of halogens is 4. The summed E-state index contributed by atoms with van der Waals surface area (Å²) in [6, 6.07) is 3.66. The topological polar surface area (TPSA) is 40.5 Å². The van der Waals surface area contributed by atoms with Crippen LogP contribution in [0.25, 0.3) is 5.70 Å². The average molecular weight is 397 g/mol. The highest BCUT2D eigenvalue weighted by Gasteiger charge is 2.33. The molecule has 108 valence electrons. The largest absolute Gasteiger partial charge is 0.507 e. The molecule has 0 spiro atoms. The molecule has 1 aromatic carbocycles. The van der Waals surface area contributed by atoms with Gasteiger partial charge in [-0.05, 0) is 18.6 Å². The molecule has 1 aromatic rings. The summed E-state index contributed by atoms with van der Waals surface area (Å²) in [6.07, 6.45) is -0.931. The van der Waals surface area contributed by atoms with Gasteiger partial charge >= 0.3 is 0 Å². The number of benzene rings is 1. The van der Waals surface area contributed by atoms with Crippen LogP contribution >= 0.6 is 22.6 Å². The van der Waals surface area contributed by atoms with E-state index in [2.05, 4.69) is 0 Å². The van der Waals surface area contributed by atoms with Crippen LogP contribution in [0.4, 0.5) is 13.2 Å². The van der Waals surface area contributed by atoms with Crippen LogP contribution in [-0.4, -0.2) is 32.8 Å². The highest BCUT2D eigenvalue weighted by molar-refractivity contribution is 14.1. The molecule has 0 aliphatic carbocycles. The lowest BCUT2D eigenvalue weighted by atomic mass is 10.0. The molecule has 7 heteroatoms. The van der Waals surface area contributed by atoms with Crippen LogP contribution in [0.5, 0.6) is 5.75 Å². The number of alkyl halides is 3. The second-order valence-corrected chi connectivity index (χ2v) is 5.77. The van der Waals surface area contributed by atoms with Crippen molar-refractivity contribution in [1.82, 2.24) is 4.90 Å². The number of hydrogen-bond donors (Lipinski definition) is 1. The molecule has 0 bridgehead atoms. The maximum atomic E-state index is 13.8. The van der Waals surface area contributed by atoms with Crippen LogP contribution in [0.2, 0.25) is 0 Å². The molecule has 1 aliphatic rings. The minimum atomic E-state index is -2.74. The number of amides is 1. The molecular formula is C13H11F3INO2. The van der Waals surface area contributed by atoms with Crippen LogP contribution in [0.3, 0.4) is 0 Å². The monoisotopic (exact) mass is 397 g/mol.